The van der Waals surface area contributed by atoms with Crippen molar-refractivity contribution in [2.45, 2.75) is 31.5 Å². The second kappa shape index (κ2) is 3.53. The second-order valence-electron chi connectivity index (χ2n) is 4.66. The molecule has 2 aliphatic carbocycles. The fourth-order valence-electron chi connectivity index (χ4n) is 2.94. The molecule has 2 bridgehead atoms. The molecule has 0 aromatic heterocycles. The molecule has 15 heavy (non-hydrogen) atoms. The summed E-state index contributed by atoms with van der Waals surface area (Å²) in [7, 11) is 0. The Morgan fingerprint density at radius 3 is 2.53 bits per heavy atom. The van der Waals surface area contributed by atoms with Crippen molar-refractivity contribution >= 4 is 0 Å². The highest BCUT2D eigenvalue weighted by Crippen LogP contribution is 2.46. The van der Waals surface area contributed by atoms with Gasteiger partial charge in [-0.2, -0.15) is 0 Å². The molecule has 78 valence electrons. The van der Waals surface area contributed by atoms with E-state index in [1.165, 1.54) is 0 Å². The quantitative estimate of drug-likeness (QED) is 0.724. The van der Waals surface area contributed by atoms with E-state index in [1.807, 2.05) is 24.3 Å². The van der Waals surface area contributed by atoms with Gasteiger partial charge in [-0.3, -0.25) is 0 Å². The summed E-state index contributed by atoms with van der Waals surface area (Å²) in [4.78, 5) is 0. The van der Waals surface area contributed by atoms with Crippen LogP contribution in [0.1, 0.15) is 19.3 Å². The van der Waals surface area contributed by atoms with Crippen LogP contribution in [0.25, 0.3) is 0 Å². The van der Waals surface area contributed by atoms with Gasteiger partial charge in [0.25, 0.3) is 0 Å². The third-order valence-electron chi connectivity index (χ3n) is 3.70. The average Bonchev–Trinajstić information content (AvgIpc) is 2.78. The Morgan fingerprint density at radius 2 is 1.93 bits per heavy atom. The Kier molecular flexibility index (Phi) is 2.17. The Bertz CT molecular complexity index is 334. The maximum atomic E-state index is 11.5. The number of fused-ring (bicyclic) bond motifs is 2. The van der Waals surface area contributed by atoms with Gasteiger partial charge in [-0.1, -0.05) is 12.1 Å². The molecule has 0 saturated heterocycles. The lowest BCUT2D eigenvalue weighted by atomic mass is 9.95. The molecule has 1 aromatic rings. The van der Waals surface area contributed by atoms with Crippen molar-refractivity contribution in [3.05, 3.63) is 30.3 Å². The summed E-state index contributed by atoms with van der Waals surface area (Å²) >= 11 is 0. The molecule has 2 radical (unpaired) electrons. The normalized spacial score (nSPS) is 38.2. The molecule has 2 aliphatic rings. The molecule has 2 fully saturated rings. The van der Waals surface area contributed by atoms with Crippen LogP contribution in [0.15, 0.2) is 24.3 Å². The topological polar surface area (TPSA) is 29.1 Å². The zero-order valence-electron chi connectivity index (χ0n) is 8.56. The van der Waals surface area contributed by atoms with Crippen molar-refractivity contribution in [3.63, 3.8) is 0 Å². The van der Waals surface area contributed by atoms with E-state index in [-0.39, 0.29) is 12.2 Å². The van der Waals surface area contributed by atoms with Gasteiger partial charge in [-0.15, -0.1) is 0 Å². The van der Waals surface area contributed by atoms with Gasteiger partial charge in [0, 0.05) is 0 Å². The SMILES string of the molecule is [O]C1CC2CC1CC2Oc1cc[c]cc1. The highest BCUT2D eigenvalue weighted by molar-refractivity contribution is 5.21. The number of ether oxygens (including phenoxy) is 1. The first-order valence-electron chi connectivity index (χ1n) is 5.61. The molecular formula is C13H14O2. The van der Waals surface area contributed by atoms with Gasteiger partial charge in [-0.25, -0.2) is 5.11 Å². The summed E-state index contributed by atoms with van der Waals surface area (Å²) in [5.74, 6) is 1.78. The van der Waals surface area contributed by atoms with E-state index in [0.29, 0.717) is 11.8 Å². The van der Waals surface area contributed by atoms with E-state index < -0.39 is 0 Å². The third-order valence-corrected chi connectivity index (χ3v) is 3.70. The van der Waals surface area contributed by atoms with Gasteiger partial charge in [0.2, 0.25) is 0 Å². The molecule has 0 aliphatic heterocycles. The van der Waals surface area contributed by atoms with Crippen LogP contribution in [0.5, 0.6) is 5.75 Å². The van der Waals surface area contributed by atoms with Crippen molar-refractivity contribution in [3.8, 4) is 5.75 Å². The fraction of sp³-hybridized carbons (Fsp3) is 0.538. The lowest BCUT2D eigenvalue weighted by molar-refractivity contribution is 0.0109. The van der Waals surface area contributed by atoms with Crippen molar-refractivity contribution < 1.29 is 9.84 Å². The Hall–Kier alpha value is -1.02. The minimum Gasteiger partial charge on any atom is -0.490 e. The zero-order chi connectivity index (χ0) is 10.3. The largest absolute Gasteiger partial charge is 0.490 e. The van der Waals surface area contributed by atoms with E-state index in [0.717, 1.165) is 25.0 Å². The first-order chi connectivity index (χ1) is 7.33. The first-order valence-corrected chi connectivity index (χ1v) is 5.61. The van der Waals surface area contributed by atoms with Crippen LogP contribution in [0, 0.1) is 17.9 Å². The first kappa shape index (κ1) is 9.22. The summed E-state index contributed by atoms with van der Waals surface area (Å²) in [5, 5.41) is 11.5. The lowest BCUT2D eigenvalue weighted by Gasteiger charge is -2.24. The van der Waals surface area contributed by atoms with Gasteiger partial charge < -0.3 is 4.74 Å². The van der Waals surface area contributed by atoms with Gasteiger partial charge in [0.15, 0.2) is 0 Å². The molecule has 0 N–H and O–H groups in total. The van der Waals surface area contributed by atoms with Crippen molar-refractivity contribution in [1.29, 1.82) is 0 Å². The monoisotopic (exact) mass is 202 g/mol. The van der Waals surface area contributed by atoms with Crippen LogP contribution in [0.2, 0.25) is 0 Å². The predicted molar refractivity (Wildman–Crippen MR) is 55.0 cm³/mol. The van der Waals surface area contributed by atoms with E-state index in [4.69, 9.17) is 4.74 Å². The van der Waals surface area contributed by atoms with Crippen LogP contribution in [-0.4, -0.2) is 12.2 Å². The molecule has 4 unspecified atom stereocenters. The van der Waals surface area contributed by atoms with Crippen LogP contribution in [0.3, 0.4) is 0 Å². The minimum absolute atomic E-state index is 0.280. The van der Waals surface area contributed by atoms with Crippen molar-refractivity contribution in [2.75, 3.05) is 0 Å². The number of rotatable bonds is 2. The highest BCUT2D eigenvalue weighted by atomic mass is 16.5. The zero-order valence-corrected chi connectivity index (χ0v) is 8.56. The van der Waals surface area contributed by atoms with Gasteiger partial charge in [-0.05, 0) is 49.3 Å². The van der Waals surface area contributed by atoms with Crippen LogP contribution in [-0.2, 0) is 5.11 Å². The van der Waals surface area contributed by atoms with Crippen molar-refractivity contribution in [2.24, 2.45) is 11.8 Å². The molecule has 2 nitrogen and oxygen atoms in total. The molecule has 2 heteroatoms. The molecule has 0 amide bonds. The van der Waals surface area contributed by atoms with Crippen LogP contribution < -0.4 is 4.74 Å². The Morgan fingerprint density at radius 1 is 1.13 bits per heavy atom. The average molecular weight is 202 g/mol. The van der Waals surface area contributed by atoms with Gasteiger partial charge in [0.1, 0.15) is 11.9 Å². The maximum Gasteiger partial charge on any atom is 0.119 e. The summed E-state index contributed by atoms with van der Waals surface area (Å²) in [5.41, 5.74) is 0. The summed E-state index contributed by atoms with van der Waals surface area (Å²) in [6, 6.07) is 10.6. The highest BCUT2D eigenvalue weighted by Gasteiger charge is 2.47. The molecular weight excluding hydrogens is 188 g/mol. The minimum atomic E-state index is -0.320. The molecule has 1 aromatic carbocycles. The van der Waals surface area contributed by atoms with E-state index >= 15 is 0 Å². The molecule has 0 heterocycles. The standard InChI is InChI=1S/C13H14O2/c14-12-7-10-6-9(12)8-13(10)15-11-4-2-1-3-5-11/h2-5,9-10,12-13H,6-8H2. The van der Waals surface area contributed by atoms with E-state index in [2.05, 4.69) is 6.07 Å². The summed E-state index contributed by atoms with van der Waals surface area (Å²) in [6.45, 7) is 0. The number of hydrogen-bond acceptors (Lipinski definition) is 1. The van der Waals surface area contributed by atoms with E-state index in [9.17, 15) is 5.11 Å². The number of hydrogen-bond donors (Lipinski definition) is 0. The van der Waals surface area contributed by atoms with Crippen LogP contribution in [0.4, 0.5) is 0 Å². The lowest BCUT2D eigenvalue weighted by Crippen LogP contribution is -2.28. The van der Waals surface area contributed by atoms with Gasteiger partial charge >= 0.3 is 0 Å². The third kappa shape index (κ3) is 1.63. The molecule has 3 rings (SSSR count). The van der Waals surface area contributed by atoms with Crippen molar-refractivity contribution in [1.82, 2.24) is 0 Å². The summed E-state index contributed by atoms with van der Waals surface area (Å²) in [6.07, 6.45) is 2.81. The predicted octanol–water partition coefficient (Wildman–Crippen LogP) is 2.46. The smallest absolute Gasteiger partial charge is 0.119 e. The molecule has 0 spiro atoms. The maximum absolute atomic E-state index is 11.5. The fourth-order valence-corrected chi connectivity index (χ4v) is 2.94. The Labute approximate surface area is 89.9 Å². The summed E-state index contributed by atoms with van der Waals surface area (Å²) < 4.78 is 5.90. The molecule has 4 atom stereocenters. The molecule has 2 saturated carbocycles. The van der Waals surface area contributed by atoms with Crippen LogP contribution >= 0.6 is 0 Å². The number of benzene rings is 1. The second-order valence-corrected chi connectivity index (χ2v) is 4.66. The Balaban J connectivity index is 1.67. The van der Waals surface area contributed by atoms with E-state index in [1.54, 1.807) is 0 Å². The van der Waals surface area contributed by atoms with Gasteiger partial charge in [0.05, 0.1) is 6.10 Å².